The molecule has 0 heterocycles. The van der Waals surface area contributed by atoms with Gasteiger partial charge in [-0.15, -0.1) is 0 Å². The molecule has 2 atom stereocenters. The maximum Gasteiger partial charge on any atom is 0.347 e. The molecule has 0 spiro atoms. The number of amides is 1. The zero-order valence-electron chi connectivity index (χ0n) is 15.2. The smallest absolute Gasteiger partial charge is 0.347 e. The molecule has 2 rings (SSSR count). The molecular formula is C20H22ClNO4. The third-order valence-corrected chi connectivity index (χ3v) is 4.01. The molecule has 26 heavy (non-hydrogen) atoms. The van der Waals surface area contributed by atoms with Crippen molar-refractivity contribution in [3.8, 4) is 5.75 Å². The predicted octanol–water partition coefficient (Wildman–Crippen LogP) is 4.29. The zero-order valence-corrected chi connectivity index (χ0v) is 16.0. The molecule has 0 aliphatic rings. The number of aryl methyl sites for hydroxylation is 2. The summed E-state index contributed by atoms with van der Waals surface area (Å²) in [6, 6.07) is 12.3. The maximum atomic E-state index is 12.3. The van der Waals surface area contributed by atoms with Gasteiger partial charge in [-0.25, -0.2) is 4.79 Å². The molecule has 138 valence electrons. The molecule has 0 saturated heterocycles. The van der Waals surface area contributed by atoms with Gasteiger partial charge >= 0.3 is 5.97 Å². The van der Waals surface area contributed by atoms with Crippen LogP contribution in [0, 0.1) is 13.8 Å². The molecule has 0 fully saturated rings. The van der Waals surface area contributed by atoms with Crippen molar-refractivity contribution in [1.29, 1.82) is 0 Å². The second-order valence-corrected chi connectivity index (χ2v) is 6.54. The number of nitrogens with one attached hydrogen (secondary N) is 1. The highest BCUT2D eigenvalue weighted by molar-refractivity contribution is 6.30. The van der Waals surface area contributed by atoms with Gasteiger partial charge in [0.25, 0.3) is 5.91 Å². The molecule has 6 heteroatoms. The van der Waals surface area contributed by atoms with Gasteiger partial charge < -0.3 is 14.8 Å². The summed E-state index contributed by atoms with van der Waals surface area (Å²) in [5.74, 6) is -0.529. The molecule has 0 bridgehead atoms. The van der Waals surface area contributed by atoms with Crippen molar-refractivity contribution in [3.05, 3.63) is 58.6 Å². The molecule has 2 aromatic rings. The number of esters is 1. The Morgan fingerprint density at radius 3 is 2.27 bits per heavy atom. The third-order valence-electron chi connectivity index (χ3n) is 3.76. The topological polar surface area (TPSA) is 64.6 Å². The highest BCUT2D eigenvalue weighted by Crippen LogP contribution is 2.18. The average molecular weight is 376 g/mol. The van der Waals surface area contributed by atoms with Crippen LogP contribution in [-0.2, 0) is 14.3 Å². The van der Waals surface area contributed by atoms with Crippen molar-refractivity contribution in [3.63, 3.8) is 0 Å². The van der Waals surface area contributed by atoms with Crippen molar-refractivity contribution in [2.45, 2.75) is 39.9 Å². The van der Waals surface area contributed by atoms with E-state index in [4.69, 9.17) is 21.1 Å². The molecule has 0 aliphatic carbocycles. The molecular weight excluding hydrogens is 354 g/mol. The van der Waals surface area contributed by atoms with E-state index in [0.717, 1.165) is 11.1 Å². The minimum absolute atomic E-state index is 0.399. The van der Waals surface area contributed by atoms with Crippen molar-refractivity contribution < 1.29 is 19.1 Å². The van der Waals surface area contributed by atoms with E-state index in [1.54, 1.807) is 31.2 Å². The lowest BCUT2D eigenvalue weighted by Crippen LogP contribution is -2.35. The Bertz CT molecular complexity index is 789. The summed E-state index contributed by atoms with van der Waals surface area (Å²) in [7, 11) is 0. The quantitative estimate of drug-likeness (QED) is 0.765. The van der Waals surface area contributed by atoms with Gasteiger partial charge in [-0.1, -0.05) is 29.3 Å². The van der Waals surface area contributed by atoms with E-state index in [9.17, 15) is 9.59 Å². The van der Waals surface area contributed by atoms with Crippen LogP contribution in [0.2, 0.25) is 5.02 Å². The van der Waals surface area contributed by atoms with Gasteiger partial charge in [-0.3, -0.25) is 4.79 Å². The lowest BCUT2D eigenvalue weighted by atomic mass is 10.1. The van der Waals surface area contributed by atoms with Gasteiger partial charge in [-0.2, -0.15) is 0 Å². The summed E-state index contributed by atoms with van der Waals surface area (Å²) in [6.45, 7) is 6.96. The van der Waals surface area contributed by atoms with Crippen LogP contribution in [0.15, 0.2) is 42.5 Å². The Kier molecular flexibility index (Phi) is 6.64. The van der Waals surface area contributed by atoms with Crippen LogP contribution in [0.3, 0.4) is 0 Å². The number of benzene rings is 2. The van der Waals surface area contributed by atoms with Crippen LogP contribution in [0.1, 0.15) is 25.0 Å². The van der Waals surface area contributed by atoms with E-state index in [-0.39, 0.29) is 0 Å². The lowest BCUT2D eigenvalue weighted by molar-refractivity contribution is -0.159. The van der Waals surface area contributed by atoms with Gasteiger partial charge in [0.15, 0.2) is 12.2 Å². The van der Waals surface area contributed by atoms with Crippen LogP contribution in [-0.4, -0.2) is 24.1 Å². The third kappa shape index (κ3) is 5.49. The molecule has 5 nitrogen and oxygen atoms in total. The van der Waals surface area contributed by atoms with Gasteiger partial charge in [0.1, 0.15) is 5.75 Å². The Labute approximate surface area is 158 Å². The monoisotopic (exact) mass is 375 g/mol. The van der Waals surface area contributed by atoms with Crippen LogP contribution in [0.5, 0.6) is 5.75 Å². The SMILES string of the molecule is Cc1ccc(NC(=O)[C@@H](C)OC(=O)[C@@H](C)Oc2ccc(Cl)cc2)c(C)c1. The first kappa shape index (κ1) is 19.8. The highest BCUT2D eigenvalue weighted by atomic mass is 35.5. The summed E-state index contributed by atoms with van der Waals surface area (Å²) in [4.78, 5) is 24.4. The van der Waals surface area contributed by atoms with Crippen molar-refractivity contribution in [1.82, 2.24) is 0 Å². The van der Waals surface area contributed by atoms with Gasteiger partial charge in [-0.05, 0) is 63.6 Å². The van der Waals surface area contributed by atoms with E-state index in [1.807, 2.05) is 32.0 Å². The molecule has 0 saturated carbocycles. The first-order valence-corrected chi connectivity index (χ1v) is 8.65. The fourth-order valence-electron chi connectivity index (χ4n) is 2.28. The van der Waals surface area contributed by atoms with Crippen molar-refractivity contribution in [2.75, 3.05) is 5.32 Å². The van der Waals surface area contributed by atoms with Crippen LogP contribution in [0.4, 0.5) is 5.69 Å². The minimum atomic E-state index is -0.945. The summed E-state index contributed by atoms with van der Waals surface area (Å²) >= 11 is 5.81. The maximum absolute atomic E-state index is 12.3. The Hall–Kier alpha value is -2.53. The lowest BCUT2D eigenvalue weighted by Gasteiger charge is -2.18. The standard InChI is InChI=1S/C20H22ClNO4/c1-12-5-10-18(13(2)11-12)22-19(23)14(3)26-20(24)15(4)25-17-8-6-16(21)7-9-17/h5-11,14-15H,1-4H3,(H,22,23)/t14-,15-/m1/s1. The first-order valence-electron chi connectivity index (χ1n) is 8.27. The van der Waals surface area contributed by atoms with E-state index >= 15 is 0 Å². The highest BCUT2D eigenvalue weighted by Gasteiger charge is 2.23. The van der Waals surface area contributed by atoms with Crippen molar-refractivity contribution in [2.24, 2.45) is 0 Å². The summed E-state index contributed by atoms with van der Waals surface area (Å²) in [5.41, 5.74) is 2.73. The Morgan fingerprint density at radius 1 is 1.00 bits per heavy atom. The van der Waals surface area contributed by atoms with Crippen LogP contribution < -0.4 is 10.1 Å². The molecule has 2 aromatic carbocycles. The molecule has 0 aliphatic heterocycles. The molecule has 0 radical (unpaired) electrons. The summed E-state index contributed by atoms with van der Waals surface area (Å²) in [5, 5.41) is 3.34. The number of halogens is 1. The van der Waals surface area contributed by atoms with Crippen LogP contribution in [0.25, 0.3) is 0 Å². The normalized spacial score (nSPS) is 12.8. The minimum Gasteiger partial charge on any atom is -0.479 e. The largest absolute Gasteiger partial charge is 0.479 e. The number of carbonyl (C=O) groups is 2. The van der Waals surface area contributed by atoms with Crippen LogP contribution >= 0.6 is 11.6 Å². The van der Waals surface area contributed by atoms with E-state index in [1.165, 1.54) is 6.92 Å². The Morgan fingerprint density at radius 2 is 1.65 bits per heavy atom. The summed E-state index contributed by atoms with van der Waals surface area (Å²) in [6.07, 6.45) is -1.80. The molecule has 0 unspecified atom stereocenters. The predicted molar refractivity (Wildman–Crippen MR) is 102 cm³/mol. The number of ether oxygens (including phenoxy) is 2. The van der Waals surface area contributed by atoms with Gasteiger partial charge in [0.05, 0.1) is 0 Å². The number of carbonyl (C=O) groups excluding carboxylic acids is 2. The van der Waals surface area contributed by atoms with E-state index in [0.29, 0.717) is 16.5 Å². The molecule has 1 N–H and O–H groups in total. The number of hydrogen-bond acceptors (Lipinski definition) is 4. The summed E-state index contributed by atoms with van der Waals surface area (Å²) < 4.78 is 10.7. The molecule has 1 amide bonds. The van der Waals surface area contributed by atoms with Crippen molar-refractivity contribution >= 4 is 29.2 Å². The fourth-order valence-corrected chi connectivity index (χ4v) is 2.40. The number of rotatable bonds is 6. The fraction of sp³-hybridized carbons (Fsp3) is 0.300. The zero-order chi connectivity index (χ0) is 19.3. The second-order valence-electron chi connectivity index (χ2n) is 6.10. The number of hydrogen-bond donors (Lipinski definition) is 1. The van der Waals surface area contributed by atoms with Gasteiger partial charge in [0, 0.05) is 10.7 Å². The van der Waals surface area contributed by atoms with E-state index < -0.39 is 24.1 Å². The number of anilines is 1. The van der Waals surface area contributed by atoms with E-state index in [2.05, 4.69) is 5.32 Å². The average Bonchev–Trinajstić information content (AvgIpc) is 2.59. The Balaban J connectivity index is 1.90. The van der Waals surface area contributed by atoms with Gasteiger partial charge in [0.2, 0.25) is 0 Å². The molecule has 0 aromatic heterocycles. The first-order chi connectivity index (χ1) is 12.3. The second kappa shape index (κ2) is 8.72.